The zero-order chi connectivity index (χ0) is 24.0. The van der Waals surface area contributed by atoms with Crippen molar-refractivity contribution in [1.29, 1.82) is 0 Å². The number of Topliss-reactive ketones (excluding diaryl/α,β-unsaturated/α-hetero) is 1. The zero-order valence-electron chi connectivity index (χ0n) is 18.2. The second kappa shape index (κ2) is 10.0. The molecule has 0 aliphatic carbocycles. The number of carbonyl (C=O) groups is 3. The van der Waals surface area contributed by atoms with Crippen LogP contribution < -0.4 is 10.6 Å². The Morgan fingerprint density at radius 2 is 1.88 bits per heavy atom. The van der Waals surface area contributed by atoms with Crippen molar-refractivity contribution in [3.63, 3.8) is 0 Å². The third kappa shape index (κ3) is 6.69. The van der Waals surface area contributed by atoms with Crippen molar-refractivity contribution in [2.75, 3.05) is 11.9 Å². The lowest BCUT2D eigenvalue weighted by Crippen LogP contribution is -2.41. The van der Waals surface area contributed by atoms with Gasteiger partial charge in [-0.3, -0.25) is 14.7 Å². The average molecular weight is 458 g/mol. The van der Waals surface area contributed by atoms with Crippen molar-refractivity contribution in [1.82, 2.24) is 25.7 Å². The standard InChI is InChI=1S/C21H23FN6O5/c1-21(2,3)15(10-17-27-28-19(33-17)12-4-6-13(22)7-5-12)32-20(31)23-11-14(29)18(30)25-16-8-9-24-26-16/h4-9,15H,10-11H2,1-3H3,(H,23,31)(H2,24,25,26,30)/t15-/m1/s1. The van der Waals surface area contributed by atoms with E-state index in [1.807, 2.05) is 20.8 Å². The average Bonchev–Trinajstić information content (AvgIpc) is 3.43. The molecule has 2 amide bonds. The maximum Gasteiger partial charge on any atom is 0.407 e. The minimum Gasteiger partial charge on any atom is -0.445 e. The van der Waals surface area contributed by atoms with E-state index >= 15 is 0 Å². The molecule has 3 N–H and O–H groups in total. The number of H-pyrrole nitrogens is 1. The minimum absolute atomic E-state index is 0.110. The number of hydrogen-bond acceptors (Lipinski definition) is 8. The largest absolute Gasteiger partial charge is 0.445 e. The first kappa shape index (κ1) is 23.6. The van der Waals surface area contributed by atoms with Crippen LogP contribution in [0.2, 0.25) is 0 Å². The predicted octanol–water partition coefficient (Wildman–Crippen LogP) is 2.49. The molecule has 3 aromatic rings. The second-order valence-electron chi connectivity index (χ2n) is 8.17. The summed E-state index contributed by atoms with van der Waals surface area (Å²) in [5, 5.41) is 18.6. The van der Waals surface area contributed by atoms with Crippen LogP contribution in [0.15, 0.2) is 40.9 Å². The molecule has 0 unspecified atom stereocenters. The van der Waals surface area contributed by atoms with Gasteiger partial charge in [0.2, 0.25) is 17.6 Å². The third-order valence-electron chi connectivity index (χ3n) is 4.53. The normalized spacial score (nSPS) is 12.1. The molecule has 33 heavy (non-hydrogen) atoms. The van der Waals surface area contributed by atoms with E-state index in [1.165, 1.54) is 36.5 Å². The van der Waals surface area contributed by atoms with Gasteiger partial charge in [0.1, 0.15) is 17.7 Å². The molecular formula is C21H23FN6O5. The Balaban J connectivity index is 1.56. The van der Waals surface area contributed by atoms with Gasteiger partial charge in [0.15, 0.2) is 0 Å². The van der Waals surface area contributed by atoms with Crippen LogP contribution in [-0.4, -0.2) is 50.8 Å². The molecule has 11 nitrogen and oxygen atoms in total. The van der Waals surface area contributed by atoms with Crippen LogP contribution in [-0.2, 0) is 20.7 Å². The van der Waals surface area contributed by atoms with Crippen LogP contribution in [0.25, 0.3) is 11.5 Å². The molecule has 0 fully saturated rings. The number of nitrogens with zero attached hydrogens (tertiary/aromatic N) is 3. The van der Waals surface area contributed by atoms with E-state index in [0.29, 0.717) is 5.56 Å². The number of halogens is 1. The van der Waals surface area contributed by atoms with E-state index in [9.17, 15) is 18.8 Å². The van der Waals surface area contributed by atoms with Crippen LogP contribution in [0.5, 0.6) is 0 Å². The summed E-state index contributed by atoms with van der Waals surface area (Å²) in [7, 11) is 0. The Morgan fingerprint density at radius 3 is 2.52 bits per heavy atom. The topological polar surface area (TPSA) is 152 Å². The van der Waals surface area contributed by atoms with E-state index in [2.05, 4.69) is 31.0 Å². The van der Waals surface area contributed by atoms with Crippen molar-refractivity contribution in [2.24, 2.45) is 5.41 Å². The van der Waals surface area contributed by atoms with E-state index in [-0.39, 0.29) is 29.8 Å². The first-order chi connectivity index (χ1) is 15.6. The molecule has 2 aromatic heterocycles. The zero-order valence-corrected chi connectivity index (χ0v) is 18.2. The Hall–Kier alpha value is -4.09. The molecule has 2 heterocycles. The summed E-state index contributed by atoms with van der Waals surface area (Å²) in [4.78, 5) is 36.0. The molecule has 1 atom stereocenters. The van der Waals surface area contributed by atoms with Gasteiger partial charge in [-0.1, -0.05) is 20.8 Å². The SMILES string of the molecule is CC(C)(C)[C@@H](Cc1nnc(-c2ccc(F)cc2)o1)OC(=O)NCC(=O)C(=O)Nc1ccn[nH]1. The van der Waals surface area contributed by atoms with E-state index in [4.69, 9.17) is 9.15 Å². The van der Waals surface area contributed by atoms with Gasteiger partial charge in [-0.25, -0.2) is 9.18 Å². The lowest BCUT2D eigenvalue weighted by Gasteiger charge is -2.29. The Morgan fingerprint density at radius 1 is 1.15 bits per heavy atom. The molecule has 174 valence electrons. The van der Waals surface area contributed by atoms with Gasteiger partial charge in [0.25, 0.3) is 5.91 Å². The quantitative estimate of drug-likeness (QED) is 0.435. The van der Waals surface area contributed by atoms with Crippen LogP contribution in [0.4, 0.5) is 15.0 Å². The van der Waals surface area contributed by atoms with E-state index < -0.39 is 35.8 Å². The molecule has 12 heteroatoms. The molecule has 3 rings (SSSR count). The number of ether oxygens (including phenoxy) is 1. The highest BCUT2D eigenvalue weighted by atomic mass is 19.1. The fraction of sp³-hybridized carbons (Fsp3) is 0.333. The smallest absolute Gasteiger partial charge is 0.407 e. The number of ketones is 1. The highest BCUT2D eigenvalue weighted by Crippen LogP contribution is 2.27. The summed E-state index contributed by atoms with van der Waals surface area (Å²) in [5.74, 6) is -1.49. The number of nitrogens with one attached hydrogen (secondary N) is 3. The van der Waals surface area contributed by atoms with E-state index in [1.54, 1.807) is 0 Å². The first-order valence-electron chi connectivity index (χ1n) is 9.98. The lowest BCUT2D eigenvalue weighted by molar-refractivity contribution is -0.134. The highest BCUT2D eigenvalue weighted by molar-refractivity contribution is 6.41. The second-order valence-corrected chi connectivity index (χ2v) is 8.17. The van der Waals surface area contributed by atoms with Crippen molar-refractivity contribution in [3.8, 4) is 11.5 Å². The third-order valence-corrected chi connectivity index (χ3v) is 4.53. The number of alkyl carbamates (subject to hydrolysis) is 1. The van der Waals surface area contributed by atoms with Gasteiger partial charge >= 0.3 is 6.09 Å². The van der Waals surface area contributed by atoms with Crippen molar-refractivity contribution in [2.45, 2.75) is 33.3 Å². The summed E-state index contributed by atoms with van der Waals surface area (Å²) in [6.07, 6.45) is -0.0443. The fourth-order valence-electron chi connectivity index (χ4n) is 2.65. The Labute approximate surface area is 188 Å². The summed E-state index contributed by atoms with van der Waals surface area (Å²) in [6, 6.07) is 7.05. The Kier molecular flexibility index (Phi) is 7.16. The summed E-state index contributed by atoms with van der Waals surface area (Å²) in [6.45, 7) is 5.01. The number of hydrogen-bond donors (Lipinski definition) is 3. The first-order valence-corrected chi connectivity index (χ1v) is 9.98. The summed E-state index contributed by atoms with van der Waals surface area (Å²) < 4.78 is 24.2. The van der Waals surface area contributed by atoms with Crippen LogP contribution in [0, 0.1) is 11.2 Å². The fourth-order valence-corrected chi connectivity index (χ4v) is 2.65. The number of amides is 2. The van der Waals surface area contributed by atoms with Crippen molar-refractivity contribution < 1.29 is 27.9 Å². The van der Waals surface area contributed by atoms with Crippen LogP contribution >= 0.6 is 0 Å². The number of aromatic amines is 1. The predicted molar refractivity (Wildman–Crippen MR) is 113 cm³/mol. The number of anilines is 1. The summed E-state index contributed by atoms with van der Waals surface area (Å²) >= 11 is 0. The number of rotatable bonds is 8. The molecule has 0 saturated heterocycles. The van der Waals surface area contributed by atoms with Gasteiger partial charge in [-0.05, 0) is 29.7 Å². The molecule has 0 saturated carbocycles. The van der Waals surface area contributed by atoms with Gasteiger partial charge in [-0.15, -0.1) is 10.2 Å². The summed E-state index contributed by atoms with van der Waals surface area (Å²) in [5.41, 5.74) is 0.0390. The molecule has 0 aliphatic rings. The van der Waals surface area contributed by atoms with Crippen LogP contribution in [0.1, 0.15) is 26.7 Å². The molecule has 0 spiro atoms. The Bertz CT molecular complexity index is 1110. The van der Waals surface area contributed by atoms with Crippen molar-refractivity contribution in [3.05, 3.63) is 48.2 Å². The molecule has 1 aromatic carbocycles. The lowest BCUT2D eigenvalue weighted by atomic mass is 9.87. The number of aromatic nitrogens is 4. The van der Waals surface area contributed by atoms with Crippen LogP contribution in [0.3, 0.4) is 0 Å². The minimum atomic E-state index is -0.911. The maximum absolute atomic E-state index is 13.1. The van der Waals surface area contributed by atoms with Gasteiger partial charge in [-0.2, -0.15) is 5.10 Å². The van der Waals surface area contributed by atoms with Gasteiger partial charge < -0.3 is 19.8 Å². The maximum atomic E-state index is 13.1. The van der Waals surface area contributed by atoms with Gasteiger partial charge in [0.05, 0.1) is 19.2 Å². The molecule has 0 radical (unpaired) electrons. The van der Waals surface area contributed by atoms with E-state index in [0.717, 1.165) is 0 Å². The molecule has 0 aliphatic heterocycles. The number of benzene rings is 1. The monoisotopic (exact) mass is 458 g/mol. The molecular weight excluding hydrogens is 435 g/mol. The highest BCUT2D eigenvalue weighted by Gasteiger charge is 2.31. The van der Waals surface area contributed by atoms with Crippen molar-refractivity contribution >= 4 is 23.6 Å². The van der Waals surface area contributed by atoms with Gasteiger partial charge in [0, 0.05) is 11.6 Å². The molecule has 0 bridgehead atoms. The number of carbonyl (C=O) groups excluding carboxylic acids is 3.